The number of likely N-dealkylation sites (tertiary alicyclic amines) is 1. The van der Waals surface area contributed by atoms with Crippen LogP contribution in [-0.2, 0) is 0 Å². The summed E-state index contributed by atoms with van der Waals surface area (Å²) in [4.78, 5) is 2.64. The van der Waals surface area contributed by atoms with Crippen LogP contribution in [0.15, 0.2) is 0 Å². The normalized spacial score (nSPS) is 25.8. The van der Waals surface area contributed by atoms with Gasteiger partial charge in [0.2, 0.25) is 0 Å². The van der Waals surface area contributed by atoms with Crippen molar-refractivity contribution in [2.24, 2.45) is 5.41 Å². The topological polar surface area (TPSA) is 15.3 Å². The first-order chi connectivity index (χ1) is 8.76. The Balaban J connectivity index is 1.74. The SMILES string of the molecule is C#CCNCC(C)N1CCC2(CCCCC2)CC1. The molecular formula is C16H28N2. The Morgan fingerprint density at radius 1 is 1.17 bits per heavy atom. The highest BCUT2D eigenvalue weighted by molar-refractivity contribution is 4.91. The van der Waals surface area contributed by atoms with E-state index in [0.717, 1.165) is 12.0 Å². The third-order valence-electron chi connectivity index (χ3n) is 5.06. The lowest BCUT2D eigenvalue weighted by Crippen LogP contribution is -2.48. The highest BCUT2D eigenvalue weighted by Gasteiger charge is 2.36. The maximum absolute atomic E-state index is 5.26. The Bertz CT molecular complexity index is 276. The van der Waals surface area contributed by atoms with Gasteiger partial charge in [-0.3, -0.25) is 4.90 Å². The van der Waals surface area contributed by atoms with Gasteiger partial charge in [0.15, 0.2) is 0 Å². The van der Waals surface area contributed by atoms with Crippen LogP contribution >= 0.6 is 0 Å². The monoisotopic (exact) mass is 248 g/mol. The highest BCUT2D eigenvalue weighted by Crippen LogP contribution is 2.44. The summed E-state index contributed by atoms with van der Waals surface area (Å²) in [5.41, 5.74) is 0.723. The molecule has 1 N–H and O–H groups in total. The van der Waals surface area contributed by atoms with Gasteiger partial charge in [-0.05, 0) is 51.1 Å². The Kier molecular flexibility index (Phi) is 5.09. The van der Waals surface area contributed by atoms with Crippen LogP contribution in [0.5, 0.6) is 0 Å². The van der Waals surface area contributed by atoms with E-state index >= 15 is 0 Å². The minimum absolute atomic E-state index is 0.624. The summed E-state index contributed by atoms with van der Waals surface area (Å²) < 4.78 is 0. The Labute approximate surface area is 113 Å². The van der Waals surface area contributed by atoms with Gasteiger partial charge in [0.25, 0.3) is 0 Å². The first-order valence-corrected chi connectivity index (χ1v) is 7.64. The summed E-state index contributed by atoms with van der Waals surface area (Å²) in [5.74, 6) is 2.64. The van der Waals surface area contributed by atoms with Crippen LogP contribution in [0, 0.1) is 17.8 Å². The summed E-state index contributed by atoms with van der Waals surface area (Å²) in [7, 11) is 0. The average Bonchev–Trinajstić information content (AvgIpc) is 2.41. The molecule has 1 aliphatic heterocycles. The predicted molar refractivity (Wildman–Crippen MR) is 77.5 cm³/mol. The van der Waals surface area contributed by atoms with E-state index in [1.807, 2.05) is 0 Å². The molecule has 2 nitrogen and oxygen atoms in total. The fraction of sp³-hybridized carbons (Fsp3) is 0.875. The molecule has 102 valence electrons. The minimum atomic E-state index is 0.624. The molecule has 1 unspecified atom stereocenters. The third kappa shape index (κ3) is 3.49. The molecule has 0 bridgehead atoms. The van der Waals surface area contributed by atoms with Crippen molar-refractivity contribution in [1.29, 1.82) is 0 Å². The van der Waals surface area contributed by atoms with E-state index in [2.05, 4.69) is 23.1 Å². The zero-order valence-corrected chi connectivity index (χ0v) is 11.9. The molecule has 2 rings (SSSR count). The number of piperidine rings is 1. The lowest BCUT2D eigenvalue weighted by molar-refractivity contribution is 0.0492. The van der Waals surface area contributed by atoms with Crippen LogP contribution in [0.3, 0.4) is 0 Å². The van der Waals surface area contributed by atoms with E-state index in [4.69, 9.17) is 6.42 Å². The van der Waals surface area contributed by atoms with E-state index in [0.29, 0.717) is 12.6 Å². The van der Waals surface area contributed by atoms with Gasteiger partial charge in [0, 0.05) is 12.6 Å². The number of terminal acetylenes is 1. The molecule has 1 saturated heterocycles. The van der Waals surface area contributed by atoms with E-state index in [-0.39, 0.29) is 0 Å². The van der Waals surface area contributed by atoms with Gasteiger partial charge in [-0.2, -0.15) is 0 Å². The van der Waals surface area contributed by atoms with E-state index in [1.54, 1.807) is 0 Å². The first-order valence-electron chi connectivity index (χ1n) is 7.64. The smallest absolute Gasteiger partial charge is 0.0574 e. The molecule has 0 aromatic rings. The summed E-state index contributed by atoms with van der Waals surface area (Å²) in [6.07, 6.45) is 15.5. The molecule has 1 heterocycles. The average molecular weight is 248 g/mol. The first kappa shape index (κ1) is 13.9. The lowest BCUT2D eigenvalue weighted by atomic mass is 9.68. The summed E-state index contributed by atoms with van der Waals surface area (Å²) >= 11 is 0. The maximum atomic E-state index is 5.26. The second-order valence-corrected chi connectivity index (χ2v) is 6.28. The van der Waals surface area contributed by atoms with Crippen molar-refractivity contribution in [1.82, 2.24) is 10.2 Å². The van der Waals surface area contributed by atoms with E-state index in [9.17, 15) is 0 Å². The molecule has 1 saturated carbocycles. The fourth-order valence-electron chi connectivity index (χ4n) is 3.72. The zero-order chi connectivity index (χ0) is 12.8. The van der Waals surface area contributed by atoms with Crippen LogP contribution in [0.4, 0.5) is 0 Å². The molecular weight excluding hydrogens is 220 g/mol. The third-order valence-corrected chi connectivity index (χ3v) is 5.06. The molecule has 0 aromatic carbocycles. The second-order valence-electron chi connectivity index (χ2n) is 6.28. The van der Waals surface area contributed by atoms with Crippen molar-refractivity contribution in [2.75, 3.05) is 26.2 Å². The van der Waals surface area contributed by atoms with Gasteiger partial charge < -0.3 is 5.32 Å². The maximum Gasteiger partial charge on any atom is 0.0574 e. The number of hydrogen-bond acceptors (Lipinski definition) is 2. The summed E-state index contributed by atoms with van der Waals surface area (Å²) in [6, 6.07) is 0.624. The Morgan fingerprint density at radius 2 is 1.83 bits per heavy atom. The van der Waals surface area contributed by atoms with Crippen LogP contribution in [0.25, 0.3) is 0 Å². The van der Waals surface area contributed by atoms with Gasteiger partial charge in [-0.15, -0.1) is 6.42 Å². The van der Waals surface area contributed by atoms with Crippen LogP contribution < -0.4 is 5.32 Å². The van der Waals surface area contributed by atoms with Crippen molar-refractivity contribution in [2.45, 2.75) is 57.9 Å². The van der Waals surface area contributed by atoms with E-state index in [1.165, 1.54) is 58.0 Å². The van der Waals surface area contributed by atoms with Crippen LogP contribution in [-0.4, -0.2) is 37.1 Å². The molecule has 1 spiro atoms. The zero-order valence-electron chi connectivity index (χ0n) is 11.9. The molecule has 2 aliphatic rings. The minimum Gasteiger partial charge on any atom is -0.305 e. The van der Waals surface area contributed by atoms with Crippen molar-refractivity contribution in [3.63, 3.8) is 0 Å². The lowest BCUT2D eigenvalue weighted by Gasteiger charge is -2.46. The van der Waals surface area contributed by atoms with Crippen molar-refractivity contribution >= 4 is 0 Å². The summed E-state index contributed by atoms with van der Waals surface area (Å²) in [6.45, 7) is 6.62. The fourth-order valence-corrected chi connectivity index (χ4v) is 3.72. The van der Waals surface area contributed by atoms with Gasteiger partial charge in [-0.1, -0.05) is 25.2 Å². The highest BCUT2D eigenvalue weighted by atomic mass is 15.2. The number of nitrogens with zero attached hydrogens (tertiary/aromatic N) is 1. The largest absolute Gasteiger partial charge is 0.305 e. The van der Waals surface area contributed by atoms with E-state index < -0.39 is 0 Å². The van der Waals surface area contributed by atoms with Gasteiger partial charge >= 0.3 is 0 Å². The molecule has 2 heteroatoms. The van der Waals surface area contributed by atoms with Gasteiger partial charge in [-0.25, -0.2) is 0 Å². The Hall–Kier alpha value is -0.520. The number of rotatable bonds is 4. The number of nitrogens with one attached hydrogen (secondary N) is 1. The number of hydrogen-bond donors (Lipinski definition) is 1. The van der Waals surface area contributed by atoms with Gasteiger partial charge in [0.1, 0.15) is 0 Å². The molecule has 1 atom stereocenters. The molecule has 1 aliphatic carbocycles. The van der Waals surface area contributed by atoms with Crippen molar-refractivity contribution in [3.05, 3.63) is 0 Å². The van der Waals surface area contributed by atoms with Crippen LogP contribution in [0.1, 0.15) is 51.9 Å². The quantitative estimate of drug-likeness (QED) is 0.608. The summed E-state index contributed by atoms with van der Waals surface area (Å²) in [5, 5.41) is 3.33. The predicted octanol–water partition coefficient (Wildman–Crippen LogP) is 2.64. The molecule has 0 amide bonds. The molecule has 0 aromatic heterocycles. The van der Waals surface area contributed by atoms with Gasteiger partial charge in [0.05, 0.1) is 6.54 Å². The van der Waals surface area contributed by atoms with Crippen LogP contribution in [0.2, 0.25) is 0 Å². The van der Waals surface area contributed by atoms with Crippen molar-refractivity contribution < 1.29 is 0 Å². The second kappa shape index (κ2) is 6.59. The Morgan fingerprint density at radius 3 is 2.44 bits per heavy atom. The standard InChI is InChI=1S/C16H28N2/c1-3-11-17-14-15(2)18-12-9-16(10-13-18)7-5-4-6-8-16/h1,15,17H,4-14H2,2H3. The molecule has 2 fully saturated rings. The van der Waals surface area contributed by atoms with Crippen molar-refractivity contribution in [3.8, 4) is 12.3 Å². The molecule has 18 heavy (non-hydrogen) atoms. The molecule has 0 radical (unpaired) electrons.